The zero-order chi connectivity index (χ0) is 20.2. The van der Waals surface area contributed by atoms with Crippen LogP contribution >= 0.6 is 0 Å². The Bertz CT molecular complexity index is 685. The van der Waals surface area contributed by atoms with Crippen LogP contribution in [0.3, 0.4) is 0 Å². The highest BCUT2D eigenvalue weighted by molar-refractivity contribution is 5.78. The molecule has 1 unspecified atom stereocenters. The molecule has 0 spiro atoms. The number of nitrogens with two attached hydrogens (primary N) is 2. The van der Waals surface area contributed by atoms with E-state index in [0.29, 0.717) is 13.1 Å². The van der Waals surface area contributed by atoms with Gasteiger partial charge in [0.1, 0.15) is 0 Å². The second kappa shape index (κ2) is 12.3. The van der Waals surface area contributed by atoms with Gasteiger partial charge in [-0.15, -0.1) is 0 Å². The van der Waals surface area contributed by atoms with Gasteiger partial charge in [0.15, 0.2) is 0 Å². The van der Waals surface area contributed by atoms with E-state index >= 15 is 0 Å². The van der Waals surface area contributed by atoms with Crippen LogP contribution in [0.15, 0.2) is 54.6 Å². The first-order chi connectivity index (χ1) is 13.6. The molecule has 5 N–H and O–H groups in total. The maximum absolute atomic E-state index is 12.8. The molecule has 28 heavy (non-hydrogen) atoms. The predicted molar refractivity (Wildman–Crippen MR) is 117 cm³/mol. The number of hydrogen-bond acceptors (Lipinski definition) is 3. The van der Waals surface area contributed by atoms with Gasteiger partial charge in [0.25, 0.3) is 0 Å². The molecule has 0 saturated heterocycles. The summed E-state index contributed by atoms with van der Waals surface area (Å²) in [5, 5.41) is 3.07. The standard InChI is InChI=1S/C24H35N3O/c1-19-9-11-21(12-10-19)14-16-22(15-13-20-6-3-2-4-7-20)24(28)27-18-23(26)8-5-17-25/h2-4,6-7,9-12,22-23H,5,8,13-18,25-26H2,1H3,(H,27,28)/t22?,23-/m0/s1. The van der Waals surface area contributed by atoms with Crippen molar-refractivity contribution in [1.82, 2.24) is 5.32 Å². The second-order valence-electron chi connectivity index (χ2n) is 7.68. The number of hydrogen-bond donors (Lipinski definition) is 3. The van der Waals surface area contributed by atoms with Crippen molar-refractivity contribution < 1.29 is 4.79 Å². The van der Waals surface area contributed by atoms with E-state index in [1.807, 2.05) is 18.2 Å². The van der Waals surface area contributed by atoms with Crippen molar-refractivity contribution in [2.24, 2.45) is 17.4 Å². The highest BCUT2D eigenvalue weighted by Crippen LogP contribution is 2.17. The number of benzene rings is 2. The number of amides is 1. The van der Waals surface area contributed by atoms with Crippen LogP contribution in [-0.4, -0.2) is 25.0 Å². The number of carbonyl (C=O) groups excluding carboxylic acids is 1. The normalized spacial score (nSPS) is 13.1. The van der Waals surface area contributed by atoms with Crippen molar-refractivity contribution in [3.8, 4) is 0 Å². The third-order valence-electron chi connectivity index (χ3n) is 5.21. The summed E-state index contributed by atoms with van der Waals surface area (Å²) >= 11 is 0. The molecule has 0 aliphatic rings. The molecule has 0 radical (unpaired) electrons. The fraction of sp³-hybridized carbons (Fsp3) is 0.458. The molecule has 0 bridgehead atoms. The lowest BCUT2D eigenvalue weighted by molar-refractivity contribution is -0.125. The monoisotopic (exact) mass is 381 g/mol. The van der Waals surface area contributed by atoms with Gasteiger partial charge in [-0.2, -0.15) is 0 Å². The molecule has 0 fully saturated rings. The Morgan fingerprint density at radius 3 is 2.14 bits per heavy atom. The Balaban J connectivity index is 1.91. The third kappa shape index (κ3) is 8.24. The van der Waals surface area contributed by atoms with Gasteiger partial charge in [0, 0.05) is 18.5 Å². The lowest BCUT2D eigenvalue weighted by atomic mass is 9.92. The van der Waals surface area contributed by atoms with Crippen molar-refractivity contribution in [2.45, 2.75) is 51.5 Å². The summed E-state index contributed by atoms with van der Waals surface area (Å²) in [5.41, 5.74) is 15.4. The fourth-order valence-corrected chi connectivity index (χ4v) is 3.35. The van der Waals surface area contributed by atoms with Crippen LogP contribution in [0.25, 0.3) is 0 Å². The van der Waals surface area contributed by atoms with Crippen LogP contribution in [0.2, 0.25) is 0 Å². The first-order valence-corrected chi connectivity index (χ1v) is 10.4. The van der Waals surface area contributed by atoms with E-state index in [9.17, 15) is 4.79 Å². The third-order valence-corrected chi connectivity index (χ3v) is 5.21. The lowest BCUT2D eigenvalue weighted by Crippen LogP contribution is -2.40. The number of rotatable bonds is 12. The Kier molecular flexibility index (Phi) is 9.73. The van der Waals surface area contributed by atoms with Crippen molar-refractivity contribution in [3.05, 3.63) is 71.3 Å². The molecule has 152 valence electrons. The maximum atomic E-state index is 12.8. The minimum absolute atomic E-state index is 0.0109. The maximum Gasteiger partial charge on any atom is 0.223 e. The molecule has 2 rings (SSSR count). The van der Waals surface area contributed by atoms with Gasteiger partial charge >= 0.3 is 0 Å². The van der Waals surface area contributed by atoms with E-state index in [0.717, 1.165) is 38.5 Å². The summed E-state index contributed by atoms with van der Waals surface area (Å²) in [4.78, 5) is 12.8. The average molecular weight is 382 g/mol. The molecule has 2 aromatic rings. The summed E-state index contributed by atoms with van der Waals surface area (Å²) in [6, 6.07) is 18.9. The van der Waals surface area contributed by atoms with Crippen molar-refractivity contribution in [2.75, 3.05) is 13.1 Å². The lowest BCUT2D eigenvalue weighted by Gasteiger charge is -2.19. The molecule has 2 atom stereocenters. The minimum Gasteiger partial charge on any atom is -0.354 e. The quantitative estimate of drug-likeness (QED) is 0.527. The van der Waals surface area contributed by atoms with E-state index in [-0.39, 0.29) is 17.9 Å². The van der Waals surface area contributed by atoms with Gasteiger partial charge in [0.05, 0.1) is 0 Å². The Morgan fingerprint density at radius 2 is 1.54 bits per heavy atom. The van der Waals surface area contributed by atoms with Crippen molar-refractivity contribution in [3.63, 3.8) is 0 Å². The number of carbonyl (C=O) groups is 1. The molecular weight excluding hydrogens is 346 g/mol. The van der Waals surface area contributed by atoms with Gasteiger partial charge in [-0.05, 0) is 63.1 Å². The zero-order valence-electron chi connectivity index (χ0n) is 17.1. The van der Waals surface area contributed by atoms with Crippen LogP contribution in [0, 0.1) is 12.8 Å². The molecule has 2 aromatic carbocycles. The fourth-order valence-electron chi connectivity index (χ4n) is 3.35. The smallest absolute Gasteiger partial charge is 0.223 e. The Labute approximate surface area is 169 Å². The summed E-state index contributed by atoms with van der Waals surface area (Å²) in [7, 11) is 0. The molecule has 4 heteroatoms. The second-order valence-corrected chi connectivity index (χ2v) is 7.68. The Morgan fingerprint density at radius 1 is 0.929 bits per heavy atom. The molecule has 0 aliphatic heterocycles. The molecule has 1 amide bonds. The van der Waals surface area contributed by atoms with E-state index in [1.54, 1.807) is 0 Å². The van der Waals surface area contributed by atoms with Gasteiger partial charge in [-0.3, -0.25) is 4.79 Å². The molecule has 0 aromatic heterocycles. The van der Waals surface area contributed by atoms with Gasteiger partial charge < -0.3 is 16.8 Å². The largest absolute Gasteiger partial charge is 0.354 e. The van der Waals surface area contributed by atoms with Crippen molar-refractivity contribution in [1.29, 1.82) is 0 Å². The van der Waals surface area contributed by atoms with Gasteiger partial charge in [-0.25, -0.2) is 0 Å². The molecule has 0 heterocycles. The summed E-state index contributed by atoms with van der Waals surface area (Å²) < 4.78 is 0. The van der Waals surface area contributed by atoms with E-state index in [2.05, 4.69) is 48.6 Å². The van der Waals surface area contributed by atoms with Crippen LogP contribution in [0.1, 0.15) is 42.4 Å². The first-order valence-electron chi connectivity index (χ1n) is 10.4. The zero-order valence-corrected chi connectivity index (χ0v) is 17.1. The summed E-state index contributed by atoms with van der Waals surface area (Å²) in [6.07, 6.45) is 5.24. The van der Waals surface area contributed by atoms with Crippen molar-refractivity contribution >= 4 is 5.91 Å². The van der Waals surface area contributed by atoms with Crippen LogP contribution in [-0.2, 0) is 17.6 Å². The topological polar surface area (TPSA) is 81.1 Å². The first kappa shape index (κ1) is 22.1. The van der Waals surface area contributed by atoms with Crippen LogP contribution in [0.4, 0.5) is 0 Å². The summed E-state index contributed by atoms with van der Waals surface area (Å²) in [5.74, 6) is 0.106. The number of nitrogens with one attached hydrogen (secondary N) is 1. The predicted octanol–water partition coefficient (Wildman–Crippen LogP) is 3.36. The minimum atomic E-state index is -0.0284. The number of aryl methyl sites for hydroxylation is 3. The Hall–Kier alpha value is -2.17. The molecule has 0 aliphatic carbocycles. The SMILES string of the molecule is Cc1ccc(CCC(CCc2ccccc2)C(=O)NC[C@@H](N)CCCN)cc1. The van der Waals surface area contributed by atoms with E-state index in [4.69, 9.17) is 11.5 Å². The van der Waals surface area contributed by atoms with Gasteiger partial charge in [0.2, 0.25) is 5.91 Å². The molecule has 0 saturated carbocycles. The molecular formula is C24H35N3O. The van der Waals surface area contributed by atoms with E-state index in [1.165, 1.54) is 16.7 Å². The highest BCUT2D eigenvalue weighted by Gasteiger charge is 2.19. The average Bonchev–Trinajstić information content (AvgIpc) is 2.72. The van der Waals surface area contributed by atoms with Crippen LogP contribution in [0.5, 0.6) is 0 Å². The van der Waals surface area contributed by atoms with E-state index < -0.39 is 0 Å². The van der Waals surface area contributed by atoms with Crippen LogP contribution < -0.4 is 16.8 Å². The highest BCUT2D eigenvalue weighted by atomic mass is 16.1. The molecule has 4 nitrogen and oxygen atoms in total. The van der Waals surface area contributed by atoms with Gasteiger partial charge in [-0.1, -0.05) is 60.2 Å². The summed E-state index contributed by atoms with van der Waals surface area (Å²) in [6.45, 7) is 3.25.